The van der Waals surface area contributed by atoms with Gasteiger partial charge in [-0.15, -0.1) is 11.3 Å². The highest BCUT2D eigenvalue weighted by molar-refractivity contribution is 7.16. The van der Waals surface area contributed by atoms with Crippen molar-refractivity contribution in [2.24, 2.45) is 0 Å². The highest BCUT2D eigenvalue weighted by atomic mass is 32.1. The molecule has 10 heavy (non-hydrogen) atoms. The molecule has 1 radical (unpaired) electrons. The van der Waals surface area contributed by atoms with Crippen LogP contribution in [0.1, 0.15) is 0 Å². The van der Waals surface area contributed by atoms with Gasteiger partial charge in [0.05, 0.1) is 5.51 Å². The van der Waals surface area contributed by atoms with Gasteiger partial charge in [-0.05, 0) is 0 Å². The summed E-state index contributed by atoms with van der Waals surface area (Å²) in [5.41, 5.74) is 2.28. The van der Waals surface area contributed by atoms with Crippen molar-refractivity contribution in [2.75, 3.05) is 0 Å². The molecule has 3 nitrogen and oxygen atoms in total. The van der Waals surface area contributed by atoms with Crippen LogP contribution in [0.25, 0.3) is 10.3 Å². The first kappa shape index (κ1) is 5.61. The molecule has 0 fully saturated rings. The van der Waals surface area contributed by atoms with Crippen molar-refractivity contribution in [3.63, 3.8) is 0 Å². The van der Waals surface area contributed by atoms with E-state index in [4.69, 9.17) is 0 Å². The third kappa shape index (κ3) is 0.733. The van der Waals surface area contributed by atoms with Crippen LogP contribution in [0, 0.1) is 6.07 Å². The van der Waals surface area contributed by atoms with Crippen molar-refractivity contribution in [3.8, 4) is 0 Å². The van der Waals surface area contributed by atoms with Crippen LogP contribution < -0.4 is 5.56 Å². The maximum absolute atomic E-state index is 10.7. The van der Waals surface area contributed by atoms with Gasteiger partial charge < -0.3 is 4.98 Å². The van der Waals surface area contributed by atoms with Crippen molar-refractivity contribution in [1.29, 1.82) is 0 Å². The molecule has 2 rings (SSSR count). The van der Waals surface area contributed by atoms with Gasteiger partial charge in [-0.2, -0.15) is 0 Å². The second kappa shape index (κ2) is 1.91. The van der Waals surface area contributed by atoms with Gasteiger partial charge in [0.25, 0.3) is 0 Å². The number of hydrogen-bond acceptors (Lipinski definition) is 3. The third-order valence-corrected chi connectivity index (χ3v) is 1.89. The standard InChI is InChI=1S/C6H3N2OS/c9-5-2-1-4-6(8-5)10-3-7-4/h2-3H,(H,8,9). The average molecular weight is 151 g/mol. The second-order valence-corrected chi connectivity index (χ2v) is 2.66. The predicted molar refractivity (Wildman–Crippen MR) is 39.1 cm³/mol. The molecule has 0 aromatic carbocycles. The van der Waals surface area contributed by atoms with Crippen LogP contribution >= 0.6 is 11.3 Å². The van der Waals surface area contributed by atoms with Gasteiger partial charge in [0.15, 0.2) is 0 Å². The highest BCUT2D eigenvalue weighted by Gasteiger charge is 1.94. The Kier molecular flexibility index (Phi) is 1.07. The quantitative estimate of drug-likeness (QED) is 0.605. The smallest absolute Gasteiger partial charge is 0.249 e. The zero-order chi connectivity index (χ0) is 6.97. The summed E-state index contributed by atoms with van der Waals surface area (Å²) in [6, 6.07) is 4.10. The summed E-state index contributed by atoms with van der Waals surface area (Å²) in [6.45, 7) is 0. The Morgan fingerprint density at radius 3 is 3.50 bits per heavy atom. The van der Waals surface area contributed by atoms with Crippen LogP contribution in [0.4, 0.5) is 0 Å². The predicted octanol–water partition coefficient (Wildman–Crippen LogP) is 0.785. The molecule has 49 valence electrons. The molecule has 4 heteroatoms. The Hall–Kier alpha value is -1.16. The largest absolute Gasteiger partial charge is 0.312 e. The van der Waals surface area contributed by atoms with Crippen LogP contribution in [-0.2, 0) is 0 Å². The summed E-state index contributed by atoms with van der Waals surface area (Å²) in [5.74, 6) is 0. The SMILES string of the molecule is O=c1c[c]c2ncsc2[nH]1. The van der Waals surface area contributed by atoms with E-state index >= 15 is 0 Å². The van der Waals surface area contributed by atoms with Crippen molar-refractivity contribution >= 4 is 21.7 Å². The summed E-state index contributed by atoms with van der Waals surface area (Å²) < 4.78 is 0. The summed E-state index contributed by atoms with van der Waals surface area (Å²) in [4.78, 5) is 18.0. The molecule has 0 aliphatic rings. The molecular weight excluding hydrogens is 148 g/mol. The average Bonchev–Trinajstić information content (AvgIpc) is 2.33. The molecule has 0 saturated heterocycles. The van der Waals surface area contributed by atoms with E-state index in [9.17, 15) is 4.79 Å². The minimum absolute atomic E-state index is 0.128. The second-order valence-electron chi connectivity index (χ2n) is 1.81. The van der Waals surface area contributed by atoms with Crippen LogP contribution in [0.15, 0.2) is 16.4 Å². The van der Waals surface area contributed by atoms with Crippen LogP contribution in [0.3, 0.4) is 0 Å². The van der Waals surface area contributed by atoms with Gasteiger partial charge in [0, 0.05) is 12.1 Å². The van der Waals surface area contributed by atoms with E-state index < -0.39 is 0 Å². The topological polar surface area (TPSA) is 45.8 Å². The number of thiazole rings is 1. The van der Waals surface area contributed by atoms with E-state index in [1.54, 1.807) is 5.51 Å². The number of aromatic nitrogens is 2. The summed E-state index contributed by atoms with van der Waals surface area (Å²) in [5, 5.41) is 0. The fraction of sp³-hybridized carbons (Fsp3) is 0. The lowest BCUT2D eigenvalue weighted by Gasteiger charge is -1.81. The third-order valence-electron chi connectivity index (χ3n) is 1.14. The number of aromatic amines is 1. The van der Waals surface area contributed by atoms with Gasteiger partial charge >= 0.3 is 0 Å². The first-order valence-electron chi connectivity index (χ1n) is 2.70. The number of rotatable bonds is 0. The van der Waals surface area contributed by atoms with E-state index in [1.807, 2.05) is 0 Å². The van der Waals surface area contributed by atoms with Crippen molar-refractivity contribution < 1.29 is 0 Å². The van der Waals surface area contributed by atoms with Crippen molar-refractivity contribution in [3.05, 3.63) is 28.0 Å². The Morgan fingerprint density at radius 1 is 1.70 bits per heavy atom. The van der Waals surface area contributed by atoms with Crippen molar-refractivity contribution in [1.82, 2.24) is 9.97 Å². The Balaban J connectivity index is 2.99. The van der Waals surface area contributed by atoms with E-state index in [1.165, 1.54) is 17.4 Å². The number of hydrogen-bond donors (Lipinski definition) is 1. The molecule has 0 amide bonds. The molecule has 0 aliphatic heterocycles. The molecule has 2 aromatic rings. The fourth-order valence-electron chi connectivity index (χ4n) is 0.720. The lowest BCUT2D eigenvalue weighted by atomic mass is 10.5. The molecule has 0 aliphatic carbocycles. The lowest BCUT2D eigenvalue weighted by molar-refractivity contribution is 1.31. The number of nitrogens with zero attached hydrogens (tertiary/aromatic N) is 1. The number of H-pyrrole nitrogens is 1. The minimum Gasteiger partial charge on any atom is -0.312 e. The Bertz CT molecular complexity index is 403. The molecule has 0 bridgehead atoms. The molecule has 0 spiro atoms. The molecule has 0 saturated carbocycles. The van der Waals surface area contributed by atoms with E-state index in [0.717, 1.165) is 10.3 Å². The van der Waals surface area contributed by atoms with Gasteiger partial charge in [-0.3, -0.25) is 4.79 Å². The number of nitrogens with one attached hydrogen (secondary N) is 1. The van der Waals surface area contributed by atoms with Crippen LogP contribution in [0.2, 0.25) is 0 Å². The first-order chi connectivity index (χ1) is 4.86. The molecule has 0 unspecified atom stereocenters. The molecule has 2 heterocycles. The zero-order valence-corrected chi connectivity index (χ0v) is 5.73. The van der Waals surface area contributed by atoms with E-state index in [2.05, 4.69) is 16.0 Å². The minimum atomic E-state index is -0.128. The fourth-order valence-corrected chi connectivity index (χ4v) is 1.37. The maximum atomic E-state index is 10.7. The maximum Gasteiger partial charge on any atom is 0.249 e. The lowest BCUT2D eigenvalue weighted by Crippen LogP contribution is -2.00. The van der Waals surface area contributed by atoms with Gasteiger partial charge in [-0.25, -0.2) is 4.98 Å². The summed E-state index contributed by atoms with van der Waals surface area (Å²) in [7, 11) is 0. The van der Waals surface area contributed by atoms with Gasteiger partial charge in [-0.1, -0.05) is 0 Å². The van der Waals surface area contributed by atoms with Gasteiger partial charge in [0.1, 0.15) is 10.3 Å². The highest BCUT2D eigenvalue weighted by Crippen LogP contribution is 2.10. The van der Waals surface area contributed by atoms with Gasteiger partial charge in [0.2, 0.25) is 5.56 Å². The van der Waals surface area contributed by atoms with E-state index in [0.29, 0.717) is 0 Å². The zero-order valence-electron chi connectivity index (χ0n) is 4.92. The van der Waals surface area contributed by atoms with Crippen LogP contribution in [0.5, 0.6) is 0 Å². The number of fused-ring (bicyclic) bond motifs is 1. The molecular formula is C6H3N2OS. The summed E-state index contributed by atoms with van der Waals surface area (Å²) >= 11 is 1.40. The normalized spacial score (nSPS) is 10.4. The number of pyridine rings is 1. The molecule has 2 aromatic heterocycles. The Labute approximate surface area is 60.4 Å². The summed E-state index contributed by atoms with van der Waals surface area (Å²) in [6.07, 6.45) is 0. The van der Waals surface area contributed by atoms with E-state index in [-0.39, 0.29) is 5.56 Å². The monoisotopic (exact) mass is 151 g/mol. The molecule has 0 atom stereocenters. The van der Waals surface area contributed by atoms with Crippen LogP contribution in [-0.4, -0.2) is 9.97 Å². The molecule has 1 N–H and O–H groups in total. The van der Waals surface area contributed by atoms with Crippen molar-refractivity contribution in [2.45, 2.75) is 0 Å². The first-order valence-corrected chi connectivity index (χ1v) is 3.58. The Morgan fingerprint density at radius 2 is 2.60 bits per heavy atom.